The van der Waals surface area contributed by atoms with Crippen LogP contribution < -0.4 is 0 Å². The molecule has 1 aromatic rings. The van der Waals surface area contributed by atoms with Crippen molar-refractivity contribution in [2.45, 2.75) is 58.5 Å². The fourth-order valence-corrected chi connectivity index (χ4v) is 3.86. The third kappa shape index (κ3) is 3.89. The van der Waals surface area contributed by atoms with Gasteiger partial charge in [-0.05, 0) is 44.8 Å². The third-order valence-corrected chi connectivity index (χ3v) is 5.36. The van der Waals surface area contributed by atoms with Crippen molar-refractivity contribution in [3.05, 3.63) is 29.6 Å². The summed E-state index contributed by atoms with van der Waals surface area (Å²) in [5, 5.41) is 4.51. The summed E-state index contributed by atoms with van der Waals surface area (Å²) in [4.78, 5) is 17.3. The van der Waals surface area contributed by atoms with E-state index in [1.54, 1.807) is 0 Å². The minimum Gasteiger partial charge on any atom is -0.334 e. The Morgan fingerprint density at radius 2 is 2.17 bits per heavy atom. The molecule has 0 aromatic carbocycles. The molecule has 2 aliphatic rings. The maximum absolute atomic E-state index is 12.8. The number of hydrogen-bond acceptors (Lipinski definition) is 3. The van der Waals surface area contributed by atoms with E-state index in [4.69, 9.17) is 0 Å². The summed E-state index contributed by atoms with van der Waals surface area (Å²) in [6, 6.07) is 2.31. The first kappa shape index (κ1) is 17.2. The van der Waals surface area contributed by atoms with E-state index >= 15 is 0 Å². The van der Waals surface area contributed by atoms with E-state index < -0.39 is 0 Å². The molecule has 0 N–H and O–H groups in total. The second kappa shape index (κ2) is 7.97. The van der Waals surface area contributed by atoms with Gasteiger partial charge in [-0.3, -0.25) is 9.48 Å². The predicted molar refractivity (Wildman–Crippen MR) is 95.6 cm³/mol. The van der Waals surface area contributed by atoms with Crippen molar-refractivity contribution < 1.29 is 4.79 Å². The zero-order valence-corrected chi connectivity index (χ0v) is 15.1. The molecule has 2 heterocycles. The van der Waals surface area contributed by atoms with Gasteiger partial charge >= 0.3 is 0 Å². The van der Waals surface area contributed by atoms with Gasteiger partial charge in [-0.2, -0.15) is 5.10 Å². The molecule has 1 aromatic heterocycles. The molecule has 1 aliphatic carbocycles. The van der Waals surface area contributed by atoms with Crippen LogP contribution in [0.1, 0.15) is 57.7 Å². The molecule has 1 atom stereocenters. The quantitative estimate of drug-likeness (QED) is 0.753. The van der Waals surface area contributed by atoms with E-state index in [-0.39, 0.29) is 11.9 Å². The number of hydrogen-bond donors (Lipinski definition) is 0. The Hall–Kier alpha value is -1.62. The van der Waals surface area contributed by atoms with Crippen LogP contribution in [0.25, 0.3) is 0 Å². The fraction of sp³-hybridized carbons (Fsp3) is 0.684. The first-order valence-electron chi connectivity index (χ1n) is 9.41. The van der Waals surface area contributed by atoms with E-state index in [9.17, 15) is 4.79 Å². The van der Waals surface area contributed by atoms with Crippen LogP contribution in [0.15, 0.2) is 23.9 Å². The molecule has 0 saturated carbocycles. The van der Waals surface area contributed by atoms with E-state index in [2.05, 4.69) is 40.7 Å². The molecule has 24 heavy (non-hydrogen) atoms. The number of fused-ring (bicyclic) bond motifs is 1. The van der Waals surface area contributed by atoms with Crippen LogP contribution in [-0.2, 0) is 11.3 Å². The highest BCUT2D eigenvalue weighted by Crippen LogP contribution is 2.25. The van der Waals surface area contributed by atoms with E-state index in [1.807, 2.05) is 11.1 Å². The minimum atomic E-state index is 0.257. The Morgan fingerprint density at radius 1 is 1.33 bits per heavy atom. The maximum atomic E-state index is 12.8. The van der Waals surface area contributed by atoms with Gasteiger partial charge in [-0.15, -0.1) is 0 Å². The second-order valence-corrected chi connectivity index (χ2v) is 6.97. The molecule has 1 amide bonds. The normalized spacial score (nSPS) is 20.9. The number of carbonyl (C=O) groups is 1. The Labute approximate surface area is 145 Å². The summed E-state index contributed by atoms with van der Waals surface area (Å²) in [6.45, 7) is 8.87. The number of allylic oxidation sites excluding steroid dienone is 1. The molecule has 1 unspecified atom stereocenters. The molecular weight excluding hydrogens is 300 g/mol. The van der Waals surface area contributed by atoms with Gasteiger partial charge in [-0.25, -0.2) is 0 Å². The summed E-state index contributed by atoms with van der Waals surface area (Å²) >= 11 is 0. The van der Waals surface area contributed by atoms with Gasteiger partial charge in [0, 0.05) is 25.7 Å². The molecule has 132 valence electrons. The number of amides is 1. The van der Waals surface area contributed by atoms with Gasteiger partial charge in [0.1, 0.15) is 0 Å². The van der Waals surface area contributed by atoms with Crippen LogP contribution in [-0.4, -0.2) is 51.7 Å². The van der Waals surface area contributed by atoms with Crippen LogP contribution in [0.2, 0.25) is 0 Å². The lowest BCUT2D eigenvalue weighted by molar-refractivity contribution is -0.132. The Bertz CT molecular complexity index is 588. The number of carbonyl (C=O) groups excluding carboxylic acids is 1. The van der Waals surface area contributed by atoms with Crippen molar-refractivity contribution in [3.63, 3.8) is 0 Å². The standard InChI is InChI=1S/C19H30N4O/c1-3-21(4-2)13-18-15-22(14-17-10-11-20-23(17)18)19(24)12-16-8-6-5-7-9-16/h8,10-11,18H,3-7,9,12-15H2,1-2H3. The van der Waals surface area contributed by atoms with Gasteiger partial charge in [0.25, 0.3) is 0 Å². The first-order chi connectivity index (χ1) is 11.7. The highest BCUT2D eigenvalue weighted by atomic mass is 16.2. The van der Waals surface area contributed by atoms with Gasteiger partial charge in [-0.1, -0.05) is 25.5 Å². The maximum Gasteiger partial charge on any atom is 0.227 e. The van der Waals surface area contributed by atoms with Crippen molar-refractivity contribution in [2.24, 2.45) is 0 Å². The van der Waals surface area contributed by atoms with Crippen LogP contribution >= 0.6 is 0 Å². The molecule has 5 nitrogen and oxygen atoms in total. The average Bonchev–Trinajstić information content (AvgIpc) is 3.09. The Balaban J connectivity index is 1.69. The third-order valence-electron chi connectivity index (χ3n) is 5.36. The summed E-state index contributed by atoms with van der Waals surface area (Å²) < 4.78 is 2.13. The van der Waals surface area contributed by atoms with Crippen molar-refractivity contribution in [1.29, 1.82) is 0 Å². The first-order valence-corrected chi connectivity index (χ1v) is 9.41. The molecule has 0 radical (unpaired) electrons. The van der Waals surface area contributed by atoms with E-state index in [0.717, 1.165) is 44.7 Å². The van der Waals surface area contributed by atoms with Crippen molar-refractivity contribution >= 4 is 5.91 Å². The number of rotatable bonds is 6. The zero-order chi connectivity index (χ0) is 16.9. The van der Waals surface area contributed by atoms with Crippen LogP contribution in [0.3, 0.4) is 0 Å². The highest BCUT2D eigenvalue weighted by Gasteiger charge is 2.29. The lowest BCUT2D eigenvalue weighted by Crippen LogP contribution is -2.45. The topological polar surface area (TPSA) is 41.4 Å². The monoisotopic (exact) mass is 330 g/mol. The second-order valence-electron chi connectivity index (χ2n) is 6.97. The Kier molecular flexibility index (Phi) is 5.72. The molecule has 0 bridgehead atoms. The average molecular weight is 330 g/mol. The molecule has 0 fully saturated rings. The van der Waals surface area contributed by atoms with Crippen LogP contribution in [0.5, 0.6) is 0 Å². The van der Waals surface area contributed by atoms with Gasteiger partial charge in [0.2, 0.25) is 5.91 Å². The Morgan fingerprint density at radius 3 is 2.88 bits per heavy atom. The zero-order valence-electron chi connectivity index (χ0n) is 15.1. The lowest BCUT2D eigenvalue weighted by Gasteiger charge is -2.36. The molecule has 0 spiro atoms. The minimum absolute atomic E-state index is 0.257. The highest BCUT2D eigenvalue weighted by molar-refractivity contribution is 5.79. The van der Waals surface area contributed by atoms with E-state index in [0.29, 0.717) is 13.0 Å². The van der Waals surface area contributed by atoms with Crippen LogP contribution in [0, 0.1) is 0 Å². The SMILES string of the molecule is CCN(CC)CC1CN(C(=O)CC2=CCCCC2)Cc2ccnn21. The summed E-state index contributed by atoms with van der Waals surface area (Å²) in [6.07, 6.45) is 9.49. The van der Waals surface area contributed by atoms with Gasteiger partial charge in [0.05, 0.1) is 18.3 Å². The number of aromatic nitrogens is 2. The molecule has 1 aliphatic heterocycles. The summed E-state index contributed by atoms with van der Waals surface area (Å²) in [7, 11) is 0. The molecule has 3 rings (SSSR count). The van der Waals surface area contributed by atoms with Gasteiger partial charge < -0.3 is 9.80 Å². The van der Waals surface area contributed by atoms with Gasteiger partial charge in [0.15, 0.2) is 0 Å². The largest absolute Gasteiger partial charge is 0.334 e. The smallest absolute Gasteiger partial charge is 0.227 e. The molecule has 0 saturated heterocycles. The molecular formula is C19H30N4O. The fourth-order valence-electron chi connectivity index (χ4n) is 3.86. The van der Waals surface area contributed by atoms with Crippen molar-refractivity contribution in [3.8, 4) is 0 Å². The lowest BCUT2D eigenvalue weighted by atomic mass is 9.96. The summed E-state index contributed by atoms with van der Waals surface area (Å²) in [5.41, 5.74) is 2.50. The van der Waals surface area contributed by atoms with Crippen molar-refractivity contribution in [1.82, 2.24) is 19.6 Å². The number of likely N-dealkylation sites (N-methyl/N-ethyl adjacent to an activating group) is 1. The van der Waals surface area contributed by atoms with Crippen LogP contribution in [0.4, 0.5) is 0 Å². The number of nitrogens with zero attached hydrogens (tertiary/aromatic N) is 4. The van der Waals surface area contributed by atoms with E-state index in [1.165, 1.54) is 18.4 Å². The molecule has 5 heteroatoms. The summed E-state index contributed by atoms with van der Waals surface area (Å²) in [5.74, 6) is 0.278. The predicted octanol–water partition coefficient (Wildman–Crippen LogP) is 3.00. The van der Waals surface area contributed by atoms with Crippen molar-refractivity contribution in [2.75, 3.05) is 26.2 Å².